The molecule has 0 saturated heterocycles. The molecule has 0 spiro atoms. The van der Waals surface area contributed by atoms with Gasteiger partial charge in [-0.2, -0.15) is 0 Å². The number of anilines is 5. The second-order valence-electron chi connectivity index (χ2n) is 28.4. The lowest BCUT2D eigenvalue weighted by Gasteiger charge is -2.24. The van der Waals surface area contributed by atoms with Gasteiger partial charge < -0.3 is 73.7 Å². The highest BCUT2D eigenvalue weighted by molar-refractivity contribution is 7.90. The summed E-state index contributed by atoms with van der Waals surface area (Å²) >= 11 is 0. The number of carboxylic acids is 5. The lowest BCUT2D eigenvalue weighted by Crippen LogP contribution is -2.22. The molecule has 0 amide bonds. The number of carboxylic acid groups (broad SMARTS) is 5. The number of hydrogen-bond acceptors (Lipinski definition) is 25. The van der Waals surface area contributed by atoms with Gasteiger partial charge in [0.05, 0.1) is 56.3 Å². The molecule has 0 aliphatic rings. The van der Waals surface area contributed by atoms with Gasteiger partial charge in [-0.25, -0.2) is 91.8 Å². The van der Waals surface area contributed by atoms with E-state index in [0.29, 0.717) is 77.7 Å². The van der Waals surface area contributed by atoms with Crippen LogP contribution in [0.25, 0.3) is 0 Å². The van der Waals surface area contributed by atoms with Crippen LogP contribution in [0.1, 0.15) is 131 Å². The van der Waals surface area contributed by atoms with Crippen LogP contribution in [0, 0.1) is 0 Å². The molecule has 0 aromatic heterocycles. The van der Waals surface area contributed by atoms with E-state index in [2.05, 4.69) is 13.8 Å². The van der Waals surface area contributed by atoms with Crippen LogP contribution in [0.2, 0.25) is 0 Å². The Balaban J connectivity index is 0.000000245. The van der Waals surface area contributed by atoms with E-state index in [4.69, 9.17) is 54.5 Å². The number of carbonyl (C=O) groups is 5. The molecule has 682 valence electrons. The second-order valence-corrected chi connectivity index (χ2v) is 36.0. The van der Waals surface area contributed by atoms with Gasteiger partial charge in [-0.05, 0) is 148 Å². The minimum absolute atomic E-state index is 0.00181. The third-order valence-electron chi connectivity index (χ3n) is 18.4. The predicted octanol–water partition coefficient (Wildman–Crippen LogP) is 14.1. The monoisotopic (exact) mass is 1850 g/mol. The van der Waals surface area contributed by atoms with E-state index < -0.39 is 80.0 Å². The molecule has 0 heterocycles. The lowest BCUT2D eigenvalue weighted by atomic mass is 10.1. The molecule has 40 heteroatoms. The third-order valence-corrected chi connectivity index (χ3v) is 22.9. The number of primary sulfonamides is 5. The molecule has 10 rings (SSSR count). The van der Waals surface area contributed by atoms with E-state index in [1.165, 1.54) is 30.3 Å². The Kier molecular flexibility index (Phi) is 38.0. The number of sulfonamides is 5. The maximum Gasteiger partial charge on any atom is 0.335 e. The lowest BCUT2D eigenvalue weighted by molar-refractivity contribution is 0.0685. The first-order valence-corrected chi connectivity index (χ1v) is 46.7. The van der Waals surface area contributed by atoms with Gasteiger partial charge in [0.1, 0.15) is 53.2 Å². The molecule has 15 N–H and O–H groups in total. The second kappa shape index (κ2) is 46.9. The van der Waals surface area contributed by atoms with E-state index in [0.717, 1.165) is 81.7 Å². The van der Waals surface area contributed by atoms with Crippen LogP contribution in [-0.4, -0.2) is 166 Å². The fourth-order valence-electron chi connectivity index (χ4n) is 11.9. The van der Waals surface area contributed by atoms with Gasteiger partial charge in [0.25, 0.3) is 0 Å². The zero-order valence-corrected chi connectivity index (χ0v) is 75.3. The molecule has 0 saturated carbocycles. The Morgan fingerprint density at radius 3 is 0.661 bits per heavy atom. The number of aromatic carboxylic acids is 5. The average molecular weight is 1850 g/mol. The zero-order valence-electron chi connectivity index (χ0n) is 71.3. The topological polar surface area (TPSA) is 550 Å². The van der Waals surface area contributed by atoms with E-state index in [1.54, 1.807) is 212 Å². The molecule has 0 aliphatic heterocycles. The molecule has 0 fully saturated rings. The molecular weight excluding hydrogens is 1750 g/mol. The van der Waals surface area contributed by atoms with E-state index >= 15 is 0 Å². The van der Waals surface area contributed by atoms with E-state index in [-0.39, 0.29) is 86.7 Å². The van der Waals surface area contributed by atoms with Crippen LogP contribution in [0.4, 0.5) is 28.4 Å². The summed E-state index contributed by atoms with van der Waals surface area (Å²) in [6, 6.07) is 55.1. The van der Waals surface area contributed by atoms with Gasteiger partial charge >= 0.3 is 29.8 Å². The van der Waals surface area contributed by atoms with Gasteiger partial charge in [0.15, 0.2) is 28.7 Å². The number of hydrogen-bond donors (Lipinski definition) is 10. The summed E-state index contributed by atoms with van der Waals surface area (Å²) in [6.07, 6.45) is 7.78. The number of nitrogens with two attached hydrogens (primary N) is 5. The Morgan fingerprint density at radius 2 is 0.465 bits per heavy atom. The van der Waals surface area contributed by atoms with Gasteiger partial charge in [-0.15, -0.1) is 0 Å². The molecule has 0 radical (unpaired) electrons. The SMILES string of the molecule is CCCCCCN(C)c1cc(C(=O)O)cc(S(N)(=O)=O)c1Oc1ccccc1.CCCCCN(C)c1cc(C(=O)O)cc(S(N)(=O)=O)c1Oc1ccccc1.CCCN(C)c1cc(C(=O)O)cc(S(N)(=O)=O)c1Oc1ccccc1.CCN(C)c1cc(C(=O)O)cc(S(N)(=O)=O)c1Oc1ccccc1.CN(C)c1cc(C(=O)O)cc(S(N)(=O)=O)c1Oc1ccccc1. The summed E-state index contributed by atoms with van der Waals surface area (Å²) in [5.74, 6) is -4.12. The van der Waals surface area contributed by atoms with E-state index in [1.807, 2.05) is 19.9 Å². The minimum atomic E-state index is -4.21. The van der Waals surface area contributed by atoms with Crippen molar-refractivity contribution in [3.63, 3.8) is 0 Å². The predicted molar refractivity (Wildman–Crippen MR) is 483 cm³/mol. The van der Waals surface area contributed by atoms with Crippen molar-refractivity contribution in [2.75, 3.05) is 93.0 Å². The summed E-state index contributed by atoms with van der Waals surface area (Å²) < 4.78 is 149. The molecule has 0 atom stereocenters. The highest BCUT2D eigenvalue weighted by atomic mass is 32.2. The van der Waals surface area contributed by atoms with Crippen LogP contribution < -0.4 is 73.9 Å². The summed E-state index contributed by atoms with van der Waals surface area (Å²) in [4.78, 5) is 63.7. The van der Waals surface area contributed by atoms with Crippen molar-refractivity contribution >= 4 is 108 Å². The standard InChI is InChI=1S/C20H26N2O5S.C19H24N2O5S.C17H20N2O5S.C16H18N2O5S.C15H16N2O5S/c1-3-4-5-9-12-22(2)17-13-15(20(23)24)14-18(28(21,25)26)19(17)27-16-10-7-6-8-11-16;1-3-4-8-11-21(2)16-12-14(19(22)23)13-17(27(20,24)25)18(16)26-15-9-6-5-7-10-15;1-3-9-19(2)14-10-12(17(20)21)11-15(25(18,22)23)16(14)24-13-7-5-4-6-8-13;1-3-18(2)13-9-11(16(19)20)10-14(24(17,21)22)15(13)23-12-7-5-4-6-8-12;1-17(2)12-8-10(15(18)19)9-13(23(16,20)21)14(12)22-11-6-4-3-5-7-11/h6-8,10-11,13-14H,3-5,9,12H2,1-2H3,(H,23,24)(H2,21,25,26);5-7,9-10,12-13H,3-4,8,11H2,1-2H3,(H,22,23)(H2,20,24,25);4-8,10-11H,3,9H2,1-2H3,(H,20,21)(H2,18,22,23);4-10H,3H2,1-2H3,(H,19,20)(H2,17,21,22);3-9H,1-2H3,(H,18,19)(H2,16,20,21). The van der Waals surface area contributed by atoms with Gasteiger partial charge in [-0.1, -0.05) is 144 Å². The number of ether oxygens (including phenoxy) is 5. The smallest absolute Gasteiger partial charge is 0.335 e. The molecule has 0 aliphatic carbocycles. The molecule has 127 heavy (non-hydrogen) atoms. The highest BCUT2D eigenvalue weighted by Crippen LogP contribution is 2.45. The zero-order chi connectivity index (χ0) is 94.5. The maximum absolute atomic E-state index is 12.2. The molecule has 0 unspecified atom stereocenters. The Labute approximate surface area is 738 Å². The fraction of sp³-hybridized carbons (Fsp3) is 0.253. The number of rotatable bonds is 37. The number of para-hydroxylation sites is 5. The van der Waals surface area contributed by atoms with Crippen molar-refractivity contribution in [2.24, 2.45) is 25.7 Å². The average Bonchev–Trinajstić information content (AvgIpc) is 0.804. The van der Waals surface area contributed by atoms with Crippen LogP contribution in [-0.2, 0) is 50.1 Å². The normalized spacial score (nSPS) is 11.2. The van der Waals surface area contributed by atoms with Crippen molar-refractivity contribution in [3.8, 4) is 57.5 Å². The Bertz CT molecular complexity index is 6080. The van der Waals surface area contributed by atoms with Crippen molar-refractivity contribution in [1.29, 1.82) is 0 Å². The number of benzene rings is 10. The summed E-state index contributed by atoms with van der Waals surface area (Å²) in [5.41, 5.74) is 0.785. The number of unbranched alkanes of at least 4 members (excludes halogenated alkanes) is 5. The molecular formula is C87H104N10O25S5. The quantitative estimate of drug-likeness (QED) is 0.0162. The Hall–Kier alpha value is -12.9. The molecule has 10 aromatic carbocycles. The molecule has 0 bridgehead atoms. The van der Waals surface area contributed by atoms with E-state index in [9.17, 15) is 86.5 Å². The third kappa shape index (κ3) is 30.7. The van der Waals surface area contributed by atoms with Gasteiger partial charge in [0, 0.05) is 68.5 Å². The highest BCUT2D eigenvalue weighted by Gasteiger charge is 2.31. The summed E-state index contributed by atoms with van der Waals surface area (Å²) in [6.45, 7) is 10.3. The largest absolute Gasteiger partial charge is 0.478 e. The van der Waals surface area contributed by atoms with Crippen LogP contribution in [0.3, 0.4) is 0 Å². The van der Waals surface area contributed by atoms with Crippen molar-refractivity contribution in [3.05, 3.63) is 240 Å². The first-order chi connectivity index (χ1) is 59.6. The molecule has 35 nitrogen and oxygen atoms in total. The fourth-order valence-corrected chi connectivity index (χ4v) is 15.3. The Morgan fingerprint density at radius 1 is 0.268 bits per heavy atom. The minimum Gasteiger partial charge on any atom is -0.478 e. The maximum atomic E-state index is 12.2. The van der Waals surface area contributed by atoms with Gasteiger partial charge in [-0.3, -0.25) is 0 Å². The summed E-state index contributed by atoms with van der Waals surface area (Å²) in [7, 11) is -10.7. The van der Waals surface area contributed by atoms with Crippen LogP contribution in [0.15, 0.2) is 237 Å². The van der Waals surface area contributed by atoms with Crippen molar-refractivity contribution < 1.29 is 115 Å². The van der Waals surface area contributed by atoms with Crippen molar-refractivity contribution in [1.82, 2.24) is 0 Å². The van der Waals surface area contributed by atoms with Crippen LogP contribution >= 0.6 is 0 Å². The van der Waals surface area contributed by atoms with Gasteiger partial charge in [0.2, 0.25) is 50.1 Å². The number of nitrogens with zero attached hydrogens (tertiary/aromatic N) is 5. The van der Waals surface area contributed by atoms with Crippen molar-refractivity contribution in [2.45, 2.75) is 104 Å². The summed E-state index contributed by atoms with van der Waals surface area (Å²) in [5, 5.41) is 73.0. The first kappa shape index (κ1) is 103. The van der Waals surface area contributed by atoms with Crippen LogP contribution in [0.5, 0.6) is 57.5 Å². The first-order valence-electron chi connectivity index (χ1n) is 39.0. The molecule has 10 aromatic rings.